The summed E-state index contributed by atoms with van der Waals surface area (Å²) in [6.45, 7) is 3.88. The maximum atomic E-state index is 12.6. The summed E-state index contributed by atoms with van der Waals surface area (Å²) in [5, 5.41) is 0.573. The van der Waals surface area contributed by atoms with Crippen molar-refractivity contribution < 1.29 is 9.59 Å². The van der Waals surface area contributed by atoms with E-state index in [0.717, 1.165) is 5.56 Å². The maximum absolute atomic E-state index is 12.6. The number of carbonyl (C=O) groups is 2. The lowest BCUT2D eigenvalue weighted by Crippen LogP contribution is -2.31. The third kappa shape index (κ3) is 1.88. The Bertz CT molecular complexity index is 623. The third-order valence-corrected chi connectivity index (χ3v) is 4.69. The second-order valence-corrected chi connectivity index (χ2v) is 6.01. The molecule has 20 heavy (non-hydrogen) atoms. The van der Waals surface area contributed by atoms with Crippen LogP contribution >= 0.6 is 11.6 Å². The number of hydrogen-bond acceptors (Lipinski definition) is 2. The van der Waals surface area contributed by atoms with Gasteiger partial charge in [-0.15, -0.1) is 0 Å². The van der Waals surface area contributed by atoms with E-state index in [1.165, 1.54) is 4.90 Å². The number of allylic oxidation sites excluding steroid dienone is 2. The summed E-state index contributed by atoms with van der Waals surface area (Å²) >= 11 is 6.11. The van der Waals surface area contributed by atoms with Crippen molar-refractivity contribution in [2.24, 2.45) is 17.8 Å². The van der Waals surface area contributed by atoms with Crippen LogP contribution in [0.1, 0.15) is 18.9 Å². The van der Waals surface area contributed by atoms with Crippen LogP contribution in [0.25, 0.3) is 0 Å². The number of anilines is 1. The molecule has 1 fully saturated rings. The molecular weight excluding hydrogens is 274 g/mol. The van der Waals surface area contributed by atoms with E-state index in [0.29, 0.717) is 17.1 Å². The first kappa shape index (κ1) is 13.4. The summed E-state index contributed by atoms with van der Waals surface area (Å²) in [4.78, 5) is 26.4. The van der Waals surface area contributed by atoms with Crippen molar-refractivity contribution in [1.82, 2.24) is 0 Å². The molecule has 2 amide bonds. The largest absolute Gasteiger partial charge is 0.274 e. The average Bonchev–Trinajstić information content (AvgIpc) is 2.67. The van der Waals surface area contributed by atoms with Crippen LogP contribution in [0.3, 0.4) is 0 Å². The van der Waals surface area contributed by atoms with Crippen LogP contribution in [-0.2, 0) is 9.59 Å². The van der Waals surface area contributed by atoms with Crippen molar-refractivity contribution in [3.63, 3.8) is 0 Å². The summed E-state index contributed by atoms with van der Waals surface area (Å²) in [6, 6.07) is 5.32. The van der Waals surface area contributed by atoms with Crippen LogP contribution in [0.2, 0.25) is 5.02 Å². The monoisotopic (exact) mass is 289 g/mol. The normalized spacial score (nSPS) is 28.9. The quantitative estimate of drug-likeness (QED) is 0.587. The van der Waals surface area contributed by atoms with Gasteiger partial charge in [0, 0.05) is 5.02 Å². The van der Waals surface area contributed by atoms with Gasteiger partial charge in [-0.2, -0.15) is 0 Å². The second-order valence-electron chi connectivity index (χ2n) is 5.60. The Hall–Kier alpha value is -1.61. The highest BCUT2D eigenvalue weighted by molar-refractivity contribution is 6.32. The van der Waals surface area contributed by atoms with E-state index in [1.807, 2.05) is 32.1 Å². The Labute approximate surface area is 123 Å². The third-order valence-electron chi connectivity index (χ3n) is 4.29. The van der Waals surface area contributed by atoms with Gasteiger partial charge < -0.3 is 0 Å². The predicted molar refractivity (Wildman–Crippen MR) is 78.6 cm³/mol. The zero-order valence-electron chi connectivity index (χ0n) is 11.5. The van der Waals surface area contributed by atoms with Crippen LogP contribution in [-0.4, -0.2) is 11.8 Å². The number of carbonyl (C=O) groups excluding carboxylic acids is 2. The number of amides is 2. The van der Waals surface area contributed by atoms with Crippen molar-refractivity contribution >= 4 is 29.1 Å². The van der Waals surface area contributed by atoms with Gasteiger partial charge in [0.15, 0.2) is 0 Å². The van der Waals surface area contributed by atoms with Gasteiger partial charge in [0.25, 0.3) is 0 Å². The van der Waals surface area contributed by atoms with E-state index in [4.69, 9.17) is 11.6 Å². The molecule has 3 atom stereocenters. The Morgan fingerprint density at radius 1 is 1.25 bits per heavy atom. The maximum Gasteiger partial charge on any atom is 0.238 e. The number of halogens is 1. The first-order valence-corrected chi connectivity index (χ1v) is 7.19. The van der Waals surface area contributed by atoms with Gasteiger partial charge in [0.2, 0.25) is 11.8 Å². The molecule has 3 rings (SSSR count). The fourth-order valence-electron chi connectivity index (χ4n) is 3.12. The standard InChI is InChI=1S/C16H16ClNO2/c1-9-6-7-11(8-13(9)17)18-15(19)12-5-3-4-10(2)14(12)16(18)20/h3-4,6-8,10,12,14H,5H2,1-2H3/t10-,12-,14-/m0/s1. The van der Waals surface area contributed by atoms with E-state index in [1.54, 1.807) is 12.1 Å². The number of fused-ring (bicyclic) bond motifs is 1. The molecule has 0 saturated carbocycles. The lowest BCUT2D eigenvalue weighted by Gasteiger charge is -2.22. The zero-order chi connectivity index (χ0) is 14.4. The predicted octanol–water partition coefficient (Wildman–Crippen LogP) is 3.35. The summed E-state index contributed by atoms with van der Waals surface area (Å²) in [7, 11) is 0. The van der Waals surface area contributed by atoms with Gasteiger partial charge in [-0.1, -0.05) is 36.7 Å². The number of benzene rings is 1. The van der Waals surface area contributed by atoms with Crippen LogP contribution in [0.15, 0.2) is 30.4 Å². The van der Waals surface area contributed by atoms with Gasteiger partial charge in [-0.3, -0.25) is 9.59 Å². The molecule has 3 nitrogen and oxygen atoms in total. The zero-order valence-corrected chi connectivity index (χ0v) is 12.2. The number of hydrogen-bond donors (Lipinski definition) is 0. The summed E-state index contributed by atoms with van der Waals surface area (Å²) in [6.07, 6.45) is 4.68. The second kappa shape index (κ2) is 4.74. The summed E-state index contributed by atoms with van der Waals surface area (Å²) in [5.41, 5.74) is 1.51. The molecule has 0 N–H and O–H groups in total. The number of imide groups is 1. The average molecular weight is 290 g/mol. The lowest BCUT2D eigenvalue weighted by atomic mass is 9.78. The fourth-order valence-corrected chi connectivity index (χ4v) is 3.30. The molecule has 0 radical (unpaired) electrons. The number of aryl methyl sites for hydroxylation is 1. The molecule has 0 bridgehead atoms. The fraction of sp³-hybridized carbons (Fsp3) is 0.375. The Morgan fingerprint density at radius 2 is 2.00 bits per heavy atom. The van der Waals surface area contributed by atoms with Crippen molar-refractivity contribution in [2.45, 2.75) is 20.3 Å². The van der Waals surface area contributed by atoms with Crippen molar-refractivity contribution in [3.05, 3.63) is 40.9 Å². The van der Waals surface area contributed by atoms with Crippen LogP contribution in [0.4, 0.5) is 5.69 Å². The van der Waals surface area contributed by atoms with Gasteiger partial charge in [0.05, 0.1) is 17.5 Å². The molecule has 0 unspecified atom stereocenters. The number of nitrogens with zero attached hydrogens (tertiary/aromatic N) is 1. The molecule has 0 aromatic heterocycles. The SMILES string of the molecule is Cc1ccc(N2C(=O)[C@@H]3[C@H](CC=C[C@@H]3C)C2=O)cc1Cl. The van der Waals surface area contributed by atoms with E-state index >= 15 is 0 Å². The summed E-state index contributed by atoms with van der Waals surface area (Å²) in [5.74, 6) is -0.542. The van der Waals surface area contributed by atoms with Crippen molar-refractivity contribution in [2.75, 3.05) is 4.90 Å². The van der Waals surface area contributed by atoms with Crippen LogP contribution in [0, 0.1) is 24.7 Å². The van der Waals surface area contributed by atoms with Crippen molar-refractivity contribution in [1.29, 1.82) is 0 Å². The van der Waals surface area contributed by atoms with E-state index in [-0.39, 0.29) is 29.6 Å². The lowest BCUT2D eigenvalue weighted by molar-refractivity contribution is -0.122. The van der Waals surface area contributed by atoms with Gasteiger partial charge in [0.1, 0.15) is 0 Å². The van der Waals surface area contributed by atoms with Gasteiger partial charge in [-0.25, -0.2) is 4.90 Å². The molecule has 1 saturated heterocycles. The first-order chi connectivity index (χ1) is 9.50. The minimum absolute atomic E-state index is 0.100. The van der Waals surface area contributed by atoms with Gasteiger partial charge in [-0.05, 0) is 37.0 Å². The molecule has 2 aliphatic rings. The van der Waals surface area contributed by atoms with E-state index in [2.05, 4.69) is 0 Å². The molecule has 1 heterocycles. The van der Waals surface area contributed by atoms with Crippen LogP contribution in [0.5, 0.6) is 0 Å². The highest BCUT2D eigenvalue weighted by atomic mass is 35.5. The van der Waals surface area contributed by atoms with E-state index in [9.17, 15) is 9.59 Å². The minimum Gasteiger partial charge on any atom is -0.274 e. The van der Waals surface area contributed by atoms with E-state index < -0.39 is 0 Å². The Morgan fingerprint density at radius 3 is 2.65 bits per heavy atom. The molecule has 0 spiro atoms. The molecule has 1 aromatic carbocycles. The van der Waals surface area contributed by atoms with Crippen LogP contribution < -0.4 is 4.90 Å². The topological polar surface area (TPSA) is 37.4 Å². The highest BCUT2D eigenvalue weighted by Gasteiger charge is 2.50. The first-order valence-electron chi connectivity index (χ1n) is 6.81. The van der Waals surface area contributed by atoms with Gasteiger partial charge >= 0.3 is 0 Å². The Balaban J connectivity index is 2.01. The Kier molecular flexibility index (Phi) is 3.17. The molecule has 104 valence electrons. The number of rotatable bonds is 1. The van der Waals surface area contributed by atoms with Crippen molar-refractivity contribution in [3.8, 4) is 0 Å². The molecule has 1 aromatic rings. The molecule has 1 aliphatic carbocycles. The minimum atomic E-state index is -0.229. The molecule has 1 aliphatic heterocycles. The summed E-state index contributed by atoms with van der Waals surface area (Å²) < 4.78 is 0. The molecular formula is C16H16ClNO2. The smallest absolute Gasteiger partial charge is 0.238 e. The molecule has 4 heteroatoms. The highest BCUT2D eigenvalue weighted by Crippen LogP contribution is 2.40.